The lowest BCUT2D eigenvalue weighted by Gasteiger charge is -2.16. The molecule has 0 spiro atoms. The Morgan fingerprint density at radius 2 is 2.09 bits per heavy atom. The van der Waals surface area contributed by atoms with Gasteiger partial charge in [0, 0.05) is 16.5 Å². The summed E-state index contributed by atoms with van der Waals surface area (Å²) in [5.41, 5.74) is 7.60. The van der Waals surface area contributed by atoms with Gasteiger partial charge in [0.05, 0.1) is 17.5 Å². The number of aryl methyl sites for hydroxylation is 1. The molecule has 0 radical (unpaired) electrons. The number of hydrogen-bond donors (Lipinski definition) is 2. The van der Waals surface area contributed by atoms with Crippen LogP contribution in [0.4, 0.5) is 0 Å². The second kappa shape index (κ2) is 6.22. The number of rotatable bonds is 2. The van der Waals surface area contributed by atoms with Crippen LogP contribution < -0.4 is 11.1 Å². The molecule has 2 heterocycles. The topological polar surface area (TPSA) is 89.3 Å². The third-order valence-corrected chi connectivity index (χ3v) is 7.10. The summed E-state index contributed by atoms with van der Waals surface area (Å²) in [5, 5.41) is 2.77. The van der Waals surface area contributed by atoms with Crippen LogP contribution in [0.15, 0.2) is 23.1 Å². The van der Waals surface area contributed by atoms with E-state index in [1.165, 1.54) is 16.9 Å². The van der Waals surface area contributed by atoms with Crippen LogP contribution in [0.5, 0.6) is 0 Å². The van der Waals surface area contributed by atoms with Gasteiger partial charge in [-0.05, 0) is 48.8 Å². The minimum atomic E-state index is -3.13. The minimum absolute atomic E-state index is 0.0568. The lowest BCUT2D eigenvalue weighted by molar-refractivity contribution is 0.0938. The van der Waals surface area contributed by atoms with Gasteiger partial charge in [-0.2, -0.15) is 0 Å². The molecule has 5 nitrogen and oxygen atoms in total. The predicted octanol–water partition coefficient (Wildman–Crippen LogP) is 0.969. The van der Waals surface area contributed by atoms with E-state index >= 15 is 0 Å². The fourth-order valence-corrected chi connectivity index (χ4v) is 5.84. The Morgan fingerprint density at radius 1 is 1.27 bits per heavy atom. The highest BCUT2D eigenvalue weighted by molar-refractivity contribution is 7.99. The van der Waals surface area contributed by atoms with Gasteiger partial charge < -0.3 is 11.1 Å². The van der Waals surface area contributed by atoms with Gasteiger partial charge in [-0.3, -0.25) is 4.79 Å². The van der Waals surface area contributed by atoms with Gasteiger partial charge in [-0.25, -0.2) is 8.42 Å². The summed E-state index contributed by atoms with van der Waals surface area (Å²) in [6, 6.07) is 4.71. The van der Waals surface area contributed by atoms with Gasteiger partial charge in [0.15, 0.2) is 9.84 Å². The van der Waals surface area contributed by atoms with Crippen LogP contribution in [-0.2, 0) is 16.3 Å². The molecule has 7 heteroatoms. The number of hydrogen-bond acceptors (Lipinski definition) is 5. The van der Waals surface area contributed by atoms with E-state index in [-0.39, 0.29) is 17.4 Å². The highest BCUT2D eigenvalue weighted by Crippen LogP contribution is 2.29. The highest BCUT2D eigenvalue weighted by Gasteiger charge is 2.36. The number of benzene rings is 1. The molecule has 2 aliphatic heterocycles. The second-order valence-corrected chi connectivity index (χ2v) is 9.24. The molecule has 2 aliphatic rings. The van der Waals surface area contributed by atoms with Crippen molar-refractivity contribution in [1.29, 1.82) is 0 Å². The smallest absolute Gasteiger partial charge is 0.251 e. The number of carbonyl (C=O) groups is 1. The number of thioether (sulfide) groups is 1. The van der Waals surface area contributed by atoms with Gasteiger partial charge in [0.25, 0.3) is 5.91 Å². The molecule has 2 atom stereocenters. The van der Waals surface area contributed by atoms with E-state index in [0.29, 0.717) is 5.56 Å². The van der Waals surface area contributed by atoms with Gasteiger partial charge in [0.1, 0.15) is 0 Å². The van der Waals surface area contributed by atoms with Crippen molar-refractivity contribution in [3.63, 3.8) is 0 Å². The molecule has 0 bridgehead atoms. The Bertz CT molecular complexity index is 688. The predicted molar refractivity (Wildman–Crippen MR) is 88.0 cm³/mol. The molecule has 1 aromatic rings. The molecule has 0 aliphatic carbocycles. The van der Waals surface area contributed by atoms with Crippen LogP contribution in [0.25, 0.3) is 0 Å². The van der Waals surface area contributed by atoms with Crippen molar-refractivity contribution in [2.45, 2.75) is 36.2 Å². The summed E-state index contributed by atoms with van der Waals surface area (Å²) in [4.78, 5) is 13.6. The van der Waals surface area contributed by atoms with Gasteiger partial charge >= 0.3 is 0 Å². The standard InChI is InChI=1S/C15H20N2O3S2/c16-12-8-22(19,20)9-13(12)17-15(18)11-4-5-14-10(7-11)3-1-2-6-21-14/h4-5,7,12-13H,1-3,6,8-9,16H2,(H,17,18). The fourth-order valence-electron chi connectivity index (χ4n) is 2.93. The first-order valence-corrected chi connectivity index (χ1v) is 10.3. The molecule has 120 valence electrons. The van der Waals surface area contributed by atoms with E-state index in [0.717, 1.165) is 18.6 Å². The van der Waals surface area contributed by atoms with Crippen LogP contribution in [-0.4, -0.2) is 43.7 Å². The number of nitrogens with one attached hydrogen (secondary N) is 1. The Labute approximate surface area is 135 Å². The molecule has 22 heavy (non-hydrogen) atoms. The summed E-state index contributed by atoms with van der Waals surface area (Å²) in [7, 11) is -3.13. The average Bonchev–Trinajstić information content (AvgIpc) is 2.65. The highest BCUT2D eigenvalue weighted by atomic mass is 32.2. The molecule has 1 aromatic carbocycles. The van der Waals surface area contributed by atoms with Crippen molar-refractivity contribution in [2.24, 2.45) is 5.73 Å². The molecule has 3 rings (SSSR count). The first-order valence-electron chi connectivity index (χ1n) is 7.47. The van der Waals surface area contributed by atoms with Gasteiger partial charge in [0.2, 0.25) is 0 Å². The minimum Gasteiger partial charge on any atom is -0.347 e. The first-order chi connectivity index (χ1) is 10.4. The number of sulfone groups is 1. The van der Waals surface area contributed by atoms with Crippen molar-refractivity contribution < 1.29 is 13.2 Å². The maximum atomic E-state index is 12.4. The Hall–Kier alpha value is -1.05. The molecule has 1 amide bonds. The normalized spacial score (nSPS) is 27.0. The fraction of sp³-hybridized carbons (Fsp3) is 0.533. The number of nitrogens with two attached hydrogens (primary N) is 1. The molecule has 3 N–H and O–H groups in total. The maximum Gasteiger partial charge on any atom is 0.251 e. The molecule has 1 saturated heterocycles. The van der Waals surface area contributed by atoms with Crippen LogP contribution >= 0.6 is 11.8 Å². The Balaban J connectivity index is 1.74. The number of carbonyl (C=O) groups excluding carboxylic acids is 1. The molecular weight excluding hydrogens is 320 g/mol. The Kier molecular flexibility index (Phi) is 4.47. The van der Waals surface area contributed by atoms with Crippen molar-refractivity contribution in [2.75, 3.05) is 17.3 Å². The summed E-state index contributed by atoms with van der Waals surface area (Å²) >= 11 is 1.83. The van der Waals surface area contributed by atoms with E-state index < -0.39 is 21.9 Å². The van der Waals surface area contributed by atoms with Crippen LogP contribution in [0, 0.1) is 0 Å². The Morgan fingerprint density at radius 3 is 2.82 bits per heavy atom. The lowest BCUT2D eigenvalue weighted by atomic mass is 10.0. The van der Waals surface area contributed by atoms with Crippen LogP contribution in [0.3, 0.4) is 0 Å². The summed E-state index contributed by atoms with van der Waals surface area (Å²) < 4.78 is 23.1. The number of fused-ring (bicyclic) bond motifs is 1. The zero-order valence-corrected chi connectivity index (χ0v) is 13.9. The van der Waals surface area contributed by atoms with E-state index in [2.05, 4.69) is 5.32 Å². The maximum absolute atomic E-state index is 12.4. The van der Waals surface area contributed by atoms with E-state index in [1.54, 1.807) is 0 Å². The van der Waals surface area contributed by atoms with Gasteiger partial charge in [-0.15, -0.1) is 11.8 Å². The summed E-state index contributed by atoms with van der Waals surface area (Å²) in [6.45, 7) is 0. The first kappa shape index (κ1) is 15.8. The largest absolute Gasteiger partial charge is 0.347 e. The molecule has 2 unspecified atom stereocenters. The third-order valence-electron chi connectivity index (χ3n) is 4.13. The van der Waals surface area contributed by atoms with Crippen molar-refractivity contribution in [3.8, 4) is 0 Å². The summed E-state index contributed by atoms with van der Waals surface area (Å²) in [6.07, 6.45) is 3.31. The molecule has 0 saturated carbocycles. The average molecular weight is 340 g/mol. The molecule has 1 fully saturated rings. The quantitative estimate of drug-likeness (QED) is 0.837. The van der Waals surface area contributed by atoms with Gasteiger partial charge in [-0.1, -0.05) is 0 Å². The monoisotopic (exact) mass is 340 g/mol. The van der Waals surface area contributed by atoms with Crippen LogP contribution in [0.1, 0.15) is 28.8 Å². The van der Waals surface area contributed by atoms with Crippen molar-refractivity contribution in [3.05, 3.63) is 29.3 Å². The van der Waals surface area contributed by atoms with Crippen LogP contribution in [0.2, 0.25) is 0 Å². The summed E-state index contributed by atoms with van der Waals surface area (Å²) in [5.74, 6) is 0.752. The van der Waals surface area contributed by atoms with Crippen molar-refractivity contribution in [1.82, 2.24) is 5.32 Å². The van der Waals surface area contributed by atoms with Crippen molar-refractivity contribution >= 4 is 27.5 Å². The lowest BCUT2D eigenvalue weighted by Crippen LogP contribution is -2.46. The van der Waals surface area contributed by atoms with E-state index in [9.17, 15) is 13.2 Å². The third kappa shape index (κ3) is 3.47. The molecular formula is C15H20N2O3S2. The SMILES string of the molecule is NC1CS(=O)(=O)CC1NC(=O)c1ccc2c(c1)CCCCS2. The number of amides is 1. The van der Waals surface area contributed by atoms with E-state index in [4.69, 9.17) is 5.73 Å². The van der Waals surface area contributed by atoms with E-state index in [1.807, 2.05) is 30.0 Å². The zero-order valence-electron chi connectivity index (χ0n) is 12.2. The zero-order chi connectivity index (χ0) is 15.7. The molecule has 0 aromatic heterocycles. The second-order valence-electron chi connectivity index (χ2n) is 5.95.